The number of halogens is 1. The predicted octanol–water partition coefficient (Wildman–Crippen LogP) is 3.91. The minimum atomic E-state index is 0.397. The van der Waals surface area contributed by atoms with Crippen molar-refractivity contribution >= 4 is 22.6 Å². The van der Waals surface area contributed by atoms with Crippen LogP contribution in [0.2, 0.25) is 0 Å². The number of benzene rings is 1. The molecule has 2 nitrogen and oxygen atoms in total. The highest BCUT2D eigenvalue weighted by molar-refractivity contribution is 14.1. The van der Waals surface area contributed by atoms with E-state index >= 15 is 0 Å². The van der Waals surface area contributed by atoms with E-state index in [1.807, 2.05) is 12.1 Å². The van der Waals surface area contributed by atoms with Gasteiger partial charge in [0, 0.05) is 12.6 Å². The molecule has 1 aliphatic carbocycles. The van der Waals surface area contributed by atoms with Gasteiger partial charge in [0.15, 0.2) is 0 Å². The summed E-state index contributed by atoms with van der Waals surface area (Å²) in [5.41, 5.74) is 2.74. The van der Waals surface area contributed by atoms with Crippen molar-refractivity contribution in [3.8, 4) is 5.75 Å². The molecule has 1 aliphatic rings. The zero-order chi connectivity index (χ0) is 13.7. The molecule has 0 unspecified atom stereocenters. The third kappa shape index (κ3) is 3.96. The lowest BCUT2D eigenvalue weighted by Crippen LogP contribution is -2.39. The van der Waals surface area contributed by atoms with Crippen LogP contribution in [-0.4, -0.2) is 29.1 Å². The molecule has 1 aromatic rings. The molecule has 0 saturated heterocycles. The van der Waals surface area contributed by atoms with Gasteiger partial charge in [-0.3, -0.25) is 4.90 Å². The number of aromatic hydroxyl groups is 1. The van der Waals surface area contributed by atoms with Crippen molar-refractivity contribution in [1.82, 2.24) is 4.90 Å². The zero-order valence-electron chi connectivity index (χ0n) is 11.5. The van der Waals surface area contributed by atoms with Crippen LogP contribution in [0.5, 0.6) is 5.75 Å². The summed E-state index contributed by atoms with van der Waals surface area (Å²) in [4.78, 5) is 2.57. The van der Waals surface area contributed by atoms with Crippen LogP contribution < -0.4 is 0 Å². The number of phenolic OH excluding ortho intramolecular Hbond substituents is 1. The molecule has 0 spiro atoms. The first-order valence-electron chi connectivity index (χ1n) is 7.04. The third-order valence-corrected chi connectivity index (χ3v) is 4.36. The SMILES string of the molecule is CCCN(C/C=C\I)[C@@H]1CCc2ccc(O)cc2C1. The van der Waals surface area contributed by atoms with E-state index in [2.05, 4.69) is 50.6 Å². The normalized spacial score (nSPS) is 19.0. The Labute approximate surface area is 129 Å². The van der Waals surface area contributed by atoms with E-state index in [9.17, 15) is 5.11 Å². The second-order valence-corrected chi connectivity index (χ2v) is 5.93. The summed E-state index contributed by atoms with van der Waals surface area (Å²) in [6.45, 7) is 4.43. The van der Waals surface area contributed by atoms with Gasteiger partial charge in [-0.1, -0.05) is 41.7 Å². The van der Waals surface area contributed by atoms with Gasteiger partial charge in [-0.25, -0.2) is 0 Å². The molecular formula is C16H22INO. The van der Waals surface area contributed by atoms with Gasteiger partial charge in [-0.05, 0) is 59.6 Å². The van der Waals surface area contributed by atoms with Crippen LogP contribution >= 0.6 is 22.6 Å². The fourth-order valence-electron chi connectivity index (χ4n) is 2.92. The molecule has 104 valence electrons. The van der Waals surface area contributed by atoms with E-state index in [1.54, 1.807) is 0 Å². The minimum Gasteiger partial charge on any atom is -0.508 e. The standard InChI is InChI=1S/C16H22INO/c1-2-9-18(10-3-8-17)15-6-4-13-5-7-16(19)12-14(13)11-15/h3,5,7-8,12,15,19H,2,4,6,9-11H2,1H3/b8-3-/t15-/m1/s1. The summed E-state index contributed by atoms with van der Waals surface area (Å²) in [5.74, 6) is 0.397. The van der Waals surface area contributed by atoms with Crippen LogP contribution in [0.3, 0.4) is 0 Å². The van der Waals surface area contributed by atoms with Gasteiger partial charge in [-0.2, -0.15) is 0 Å². The van der Waals surface area contributed by atoms with Crippen LogP contribution in [0.25, 0.3) is 0 Å². The number of aryl methyl sites for hydroxylation is 1. The molecular weight excluding hydrogens is 349 g/mol. The fourth-order valence-corrected chi connectivity index (χ4v) is 3.15. The molecule has 19 heavy (non-hydrogen) atoms. The Morgan fingerprint density at radius 2 is 2.26 bits per heavy atom. The van der Waals surface area contributed by atoms with Crippen molar-refractivity contribution < 1.29 is 5.11 Å². The highest BCUT2D eigenvalue weighted by atomic mass is 127. The smallest absolute Gasteiger partial charge is 0.115 e. The quantitative estimate of drug-likeness (QED) is 0.794. The number of phenols is 1. The molecule has 1 N–H and O–H groups in total. The van der Waals surface area contributed by atoms with E-state index in [0.29, 0.717) is 11.8 Å². The molecule has 0 bridgehead atoms. The highest BCUT2D eigenvalue weighted by Gasteiger charge is 2.23. The molecule has 1 atom stereocenters. The summed E-state index contributed by atoms with van der Waals surface area (Å²) in [7, 11) is 0. The molecule has 0 aromatic heterocycles. The first-order valence-corrected chi connectivity index (χ1v) is 8.29. The Kier molecular flexibility index (Phi) is 5.70. The lowest BCUT2D eigenvalue weighted by atomic mass is 9.87. The maximum absolute atomic E-state index is 9.63. The number of hydrogen-bond donors (Lipinski definition) is 1. The Balaban J connectivity index is 2.09. The monoisotopic (exact) mass is 371 g/mol. The number of nitrogens with zero attached hydrogens (tertiary/aromatic N) is 1. The Morgan fingerprint density at radius 3 is 3.00 bits per heavy atom. The Morgan fingerprint density at radius 1 is 1.42 bits per heavy atom. The predicted molar refractivity (Wildman–Crippen MR) is 88.9 cm³/mol. The molecule has 3 heteroatoms. The van der Waals surface area contributed by atoms with Crippen molar-refractivity contribution in [3.05, 3.63) is 39.5 Å². The van der Waals surface area contributed by atoms with Gasteiger partial charge in [0.25, 0.3) is 0 Å². The fraction of sp³-hybridized carbons (Fsp3) is 0.500. The number of rotatable bonds is 5. The summed E-state index contributed by atoms with van der Waals surface area (Å²) >= 11 is 2.28. The maximum Gasteiger partial charge on any atom is 0.115 e. The van der Waals surface area contributed by atoms with Crippen molar-refractivity contribution in [2.45, 2.75) is 38.6 Å². The Bertz CT molecular complexity index is 444. The lowest BCUT2D eigenvalue weighted by molar-refractivity contribution is 0.199. The molecule has 1 aromatic carbocycles. The molecule has 0 aliphatic heterocycles. The molecule has 0 amide bonds. The first kappa shape index (κ1) is 14.9. The van der Waals surface area contributed by atoms with E-state index in [1.165, 1.54) is 24.0 Å². The summed E-state index contributed by atoms with van der Waals surface area (Å²) < 4.78 is 2.10. The van der Waals surface area contributed by atoms with Crippen LogP contribution in [-0.2, 0) is 12.8 Å². The van der Waals surface area contributed by atoms with Crippen molar-refractivity contribution in [2.75, 3.05) is 13.1 Å². The van der Waals surface area contributed by atoms with E-state index in [4.69, 9.17) is 0 Å². The minimum absolute atomic E-state index is 0.397. The van der Waals surface area contributed by atoms with Gasteiger partial charge < -0.3 is 5.11 Å². The molecule has 0 saturated carbocycles. The topological polar surface area (TPSA) is 23.5 Å². The number of hydrogen-bond acceptors (Lipinski definition) is 2. The van der Waals surface area contributed by atoms with Crippen LogP contribution in [0.4, 0.5) is 0 Å². The zero-order valence-corrected chi connectivity index (χ0v) is 13.6. The molecule has 0 heterocycles. The van der Waals surface area contributed by atoms with E-state index in [-0.39, 0.29) is 0 Å². The van der Waals surface area contributed by atoms with Crippen molar-refractivity contribution in [3.63, 3.8) is 0 Å². The van der Waals surface area contributed by atoms with Gasteiger partial charge in [-0.15, -0.1) is 0 Å². The maximum atomic E-state index is 9.63. The van der Waals surface area contributed by atoms with Crippen molar-refractivity contribution in [2.24, 2.45) is 0 Å². The second-order valence-electron chi connectivity index (χ2n) is 5.21. The van der Waals surface area contributed by atoms with Gasteiger partial charge in [0.05, 0.1) is 0 Å². The molecule has 2 rings (SSSR count). The van der Waals surface area contributed by atoms with Crippen LogP contribution in [0.15, 0.2) is 28.4 Å². The average Bonchev–Trinajstić information content (AvgIpc) is 2.42. The molecule has 0 fully saturated rings. The van der Waals surface area contributed by atoms with Gasteiger partial charge in [0.2, 0.25) is 0 Å². The lowest BCUT2D eigenvalue weighted by Gasteiger charge is -2.34. The van der Waals surface area contributed by atoms with Gasteiger partial charge >= 0.3 is 0 Å². The van der Waals surface area contributed by atoms with E-state index < -0.39 is 0 Å². The Hall–Kier alpha value is -0.550. The summed E-state index contributed by atoms with van der Waals surface area (Å²) in [6.07, 6.45) is 6.85. The van der Waals surface area contributed by atoms with Crippen LogP contribution in [0.1, 0.15) is 30.9 Å². The third-order valence-electron chi connectivity index (χ3n) is 3.85. The largest absolute Gasteiger partial charge is 0.508 e. The first-order chi connectivity index (χ1) is 9.24. The van der Waals surface area contributed by atoms with Crippen LogP contribution in [0, 0.1) is 0 Å². The summed E-state index contributed by atoms with van der Waals surface area (Å²) in [5, 5.41) is 9.63. The molecule has 0 radical (unpaired) electrons. The van der Waals surface area contributed by atoms with E-state index in [0.717, 1.165) is 25.9 Å². The van der Waals surface area contributed by atoms with Crippen molar-refractivity contribution in [1.29, 1.82) is 0 Å². The summed E-state index contributed by atoms with van der Waals surface area (Å²) in [6, 6.07) is 6.44. The number of fused-ring (bicyclic) bond motifs is 1. The highest BCUT2D eigenvalue weighted by Crippen LogP contribution is 2.27. The average molecular weight is 371 g/mol. The second kappa shape index (κ2) is 7.29. The van der Waals surface area contributed by atoms with Gasteiger partial charge in [0.1, 0.15) is 5.75 Å².